The lowest BCUT2D eigenvalue weighted by Gasteiger charge is -2.22. The maximum atomic E-state index is 5.10. The highest BCUT2D eigenvalue weighted by Crippen LogP contribution is 2.54. The van der Waals surface area contributed by atoms with Crippen molar-refractivity contribution in [3.8, 4) is 16.9 Å². The molecule has 0 fully saturated rings. The van der Waals surface area contributed by atoms with Crippen LogP contribution in [0, 0.1) is 0 Å². The Morgan fingerprint density at radius 2 is 1.22 bits per heavy atom. The average molecular weight is 593 g/mol. The van der Waals surface area contributed by atoms with Crippen molar-refractivity contribution in [3.05, 3.63) is 173 Å². The Morgan fingerprint density at radius 3 is 1.98 bits per heavy atom. The van der Waals surface area contributed by atoms with Gasteiger partial charge in [0, 0.05) is 38.6 Å². The Bertz CT molecular complexity index is 2340. The third-order valence-electron chi connectivity index (χ3n) is 9.62. The number of rotatable bonds is 4. The van der Waals surface area contributed by atoms with Gasteiger partial charge in [-0.15, -0.1) is 0 Å². The van der Waals surface area contributed by atoms with Crippen LogP contribution < -0.4 is 5.32 Å². The highest BCUT2D eigenvalue weighted by Gasteiger charge is 2.40. The second kappa shape index (κ2) is 10.1. The number of benzene rings is 6. The van der Waals surface area contributed by atoms with Gasteiger partial charge in [-0.3, -0.25) is 0 Å². The van der Waals surface area contributed by atoms with Gasteiger partial charge < -0.3 is 9.88 Å². The van der Waals surface area contributed by atoms with Crippen LogP contribution in [0.25, 0.3) is 38.6 Å². The van der Waals surface area contributed by atoms with Gasteiger partial charge in [-0.1, -0.05) is 135 Å². The normalized spacial score (nSPS) is 16.4. The van der Waals surface area contributed by atoms with Crippen LogP contribution >= 0.6 is 0 Å². The van der Waals surface area contributed by atoms with Crippen LogP contribution in [-0.2, 0) is 5.41 Å². The van der Waals surface area contributed by atoms with E-state index >= 15 is 0 Å². The highest BCUT2D eigenvalue weighted by atomic mass is 15.2. The van der Waals surface area contributed by atoms with Crippen molar-refractivity contribution >= 4 is 33.3 Å². The number of hydrogen-bond acceptors (Lipinski definition) is 3. The fourth-order valence-electron chi connectivity index (χ4n) is 7.45. The van der Waals surface area contributed by atoms with E-state index < -0.39 is 0 Å². The molecule has 0 amide bonds. The predicted octanol–water partition coefficient (Wildman–Crippen LogP) is 9.59. The van der Waals surface area contributed by atoms with Crippen LogP contribution in [0.3, 0.4) is 0 Å². The Morgan fingerprint density at radius 1 is 0.587 bits per heavy atom. The summed E-state index contributed by atoms with van der Waals surface area (Å²) in [5, 5.41) is 7.37. The standard InChI is InChI=1S/C42H32N4/c1-42(2)35-20-12-11-19-33(35)38-36(42)34-26-23-27-13-9-10-18-32(27)37(34)46(38)31-24-21-30(22-25-31)41-44-39(28-14-5-3-6-15-28)43-40(45-41)29-16-7-4-8-17-29/h3-26,39H,1-2H3,(H,43,44,45). The number of nitrogens with zero attached hydrogens (tertiary/aromatic N) is 3. The van der Waals surface area contributed by atoms with Crippen LogP contribution in [0.15, 0.2) is 156 Å². The van der Waals surface area contributed by atoms with E-state index in [1.807, 2.05) is 36.4 Å². The summed E-state index contributed by atoms with van der Waals surface area (Å²) in [6.07, 6.45) is -0.325. The summed E-state index contributed by atoms with van der Waals surface area (Å²) < 4.78 is 2.49. The zero-order chi connectivity index (χ0) is 30.8. The summed E-state index contributed by atoms with van der Waals surface area (Å²) in [6.45, 7) is 4.73. The van der Waals surface area contributed by atoms with Crippen molar-refractivity contribution in [1.29, 1.82) is 0 Å². The first-order valence-electron chi connectivity index (χ1n) is 15.9. The predicted molar refractivity (Wildman–Crippen MR) is 190 cm³/mol. The van der Waals surface area contributed by atoms with E-state index in [0.29, 0.717) is 0 Å². The van der Waals surface area contributed by atoms with E-state index in [4.69, 9.17) is 9.98 Å². The molecule has 0 radical (unpaired) electrons. The molecule has 1 aliphatic carbocycles. The van der Waals surface area contributed by atoms with Gasteiger partial charge in [-0.05, 0) is 46.3 Å². The molecule has 2 aliphatic rings. The molecule has 4 heteroatoms. The Kier molecular flexibility index (Phi) is 5.88. The lowest BCUT2D eigenvalue weighted by atomic mass is 9.81. The molecule has 2 heterocycles. The molecule has 1 aliphatic heterocycles. The minimum absolute atomic E-state index is 0.113. The quantitative estimate of drug-likeness (QED) is 0.217. The molecule has 0 saturated carbocycles. The summed E-state index contributed by atoms with van der Waals surface area (Å²) in [6, 6.07) is 51.6. The van der Waals surface area contributed by atoms with Crippen molar-refractivity contribution in [2.75, 3.05) is 0 Å². The summed E-state index contributed by atoms with van der Waals surface area (Å²) >= 11 is 0. The number of aliphatic imine (C=N–C) groups is 2. The van der Waals surface area contributed by atoms with Gasteiger partial charge in [0.25, 0.3) is 0 Å². The first-order chi connectivity index (χ1) is 22.6. The maximum absolute atomic E-state index is 5.10. The fraction of sp³-hybridized carbons (Fsp3) is 0.0952. The van der Waals surface area contributed by atoms with Gasteiger partial charge in [0.1, 0.15) is 11.7 Å². The third kappa shape index (κ3) is 4.00. The molecule has 1 N–H and O–H groups in total. The van der Waals surface area contributed by atoms with Crippen LogP contribution in [0.5, 0.6) is 0 Å². The van der Waals surface area contributed by atoms with Gasteiger partial charge >= 0.3 is 0 Å². The zero-order valence-corrected chi connectivity index (χ0v) is 25.8. The molecule has 46 heavy (non-hydrogen) atoms. The molecule has 0 spiro atoms. The summed E-state index contributed by atoms with van der Waals surface area (Å²) in [5.41, 5.74) is 10.8. The van der Waals surface area contributed by atoms with Gasteiger partial charge in [-0.25, -0.2) is 9.98 Å². The second-order valence-electron chi connectivity index (χ2n) is 12.7. The second-order valence-corrected chi connectivity index (χ2v) is 12.7. The average Bonchev–Trinajstić information content (AvgIpc) is 3.60. The van der Waals surface area contributed by atoms with E-state index in [1.54, 1.807) is 0 Å². The van der Waals surface area contributed by atoms with Gasteiger partial charge in [-0.2, -0.15) is 0 Å². The van der Waals surface area contributed by atoms with Crippen LogP contribution in [0.1, 0.15) is 47.8 Å². The Balaban J connectivity index is 1.21. The zero-order valence-electron chi connectivity index (χ0n) is 25.8. The van der Waals surface area contributed by atoms with E-state index in [9.17, 15) is 0 Å². The van der Waals surface area contributed by atoms with Gasteiger partial charge in [0.2, 0.25) is 0 Å². The van der Waals surface area contributed by atoms with E-state index in [1.165, 1.54) is 44.1 Å². The molecule has 6 aromatic carbocycles. The lowest BCUT2D eigenvalue weighted by Crippen LogP contribution is -2.36. The number of aromatic nitrogens is 1. The monoisotopic (exact) mass is 592 g/mol. The highest BCUT2D eigenvalue weighted by molar-refractivity contribution is 6.16. The topological polar surface area (TPSA) is 41.7 Å². The molecule has 4 nitrogen and oxygen atoms in total. The molecule has 9 rings (SSSR count). The van der Waals surface area contributed by atoms with E-state index in [0.717, 1.165) is 34.0 Å². The lowest BCUT2D eigenvalue weighted by molar-refractivity contribution is 0.666. The Labute approximate surface area is 268 Å². The van der Waals surface area contributed by atoms with Gasteiger partial charge in [0.15, 0.2) is 6.17 Å². The summed E-state index contributed by atoms with van der Waals surface area (Å²) in [4.78, 5) is 10.1. The van der Waals surface area contributed by atoms with Crippen LogP contribution in [-0.4, -0.2) is 16.2 Å². The largest absolute Gasteiger partial charge is 0.324 e. The van der Waals surface area contributed by atoms with E-state index in [-0.39, 0.29) is 11.6 Å². The molecule has 1 aromatic heterocycles. The number of hydrogen-bond donors (Lipinski definition) is 1. The van der Waals surface area contributed by atoms with Crippen molar-refractivity contribution in [2.24, 2.45) is 9.98 Å². The smallest absolute Gasteiger partial charge is 0.169 e. The van der Waals surface area contributed by atoms with Crippen molar-refractivity contribution < 1.29 is 0 Å². The van der Waals surface area contributed by atoms with Crippen LogP contribution in [0.2, 0.25) is 0 Å². The molecule has 0 saturated heterocycles. The molecular weight excluding hydrogens is 560 g/mol. The van der Waals surface area contributed by atoms with Gasteiger partial charge in [0.05, 0.1) is 11.2 Å². The molecule has 0 bridgehead atoms. The first kappa shape index (κ1) is 26.6. The van der Waals surface area contributed by atoms with Crippen molar-refractivity contribution in [2.45, 2.75) is 25.4 Å². The minimum Gasteiger partial charge on any atom is -0.324 e. The molecule has 1 atom stereocenters. The maximum Gasteiger partial charge on any atom is 0.169 e. The number of nitrogens with one attached hydrogen (secondary N) is 1. The molecular formula is C42H32N4. The Hall–Kier alpha value is -5.74. The molecule has 220 valence electrons. The molecule has 7 aromatic rings. The minimum atomic E-state index is -0.325. The molecule has 1 unspecified atom stereocenters. The number of fused-ring (bicyclic) bond motifs is 7. The fourth-order valence-corrected chi connectivity index (χ4v) is 7.45. The third-order valence-corrected chi connectivity index (χ3v) is 9.62. The summed E-state index contributed by atoms with van der Waals surface area (Å²) in [5.74, 6) is 1.64. The summed E-state index contributed by atoms with van der Waals surface area (Å²) in [7, 11) is 0. The first-order valence-corrected chi connectivity index (χ1v) is 15.9. The SMILES string of the molecule is CC1(C)c2ccccc2-c2c1c1ccc3ccccc3c1n2-c1ccc(C2=NC(c3ccccc3)N=C(c3ccccc3)N2)cc1. The van der Waals surface area contributed by atoms with E-state index in [2.05, 4.69) is 133 Å². The number of amidine groups is 2. The van der Waals surface area contributed by atoms with Crippen molar-refractivity contribution in [1.82, 2.24) is 9.88 Å². The van der Waals surface area contributed by atoms with Crippen LogP contribution in [0.4, 0.5) is 0 Å². The van der Waals surface area contributed by atoms with Crippen molar-refractivity contribution in [3.63, 3.8) is 0 Å².